The predicted molar refractivity (Wildman–Crippen MR) is 73.0 cm³/mol. The lowest BCUT2D eigenvalue weighted by Gasteiger charge is -2.31. The quantitative estimate of drug-likeness (QED) is 0.673. The number of carbonyl (C=O) groups excluding carboxylic acids is 1. The summed E-state index contributed by atoms with van der Waals surface area (Å²) >= 11 is 0. The average molecular weight is 256 g/mol. The van der Waals surface area contributed by atoms with Crippen molar-refractivity contribution in [2.75, 3.05) is 13.2 Å². The highest BCUT2D eigenvalue weighted by molar-refractivity contribution is 5.83. The van der Waals surface area contributed by atoms with Crippen LogP contribution < -0.4 is 11.1 Å². The van der Waals surface area contributed by atoms with Crippen molar-refractivity contribution in [2.24, 2.45) is 16.6 Å². The molecular weight excluding hydrogens is 228 g/mol. The van der Waals surface area contributed by atoms with Crippen molar-refractivity contribution >= 4 is 5.91 Å². The van der Waals surface area contributed by atoms with Crippen LogP contribution in [0.5, 0.6) is 0 Å². The molecule has 18 heavy (non-hydrogen) atoms. The van der Waals surface area contributed by atoms with Crippen molar-refractivity contribution in [1.82, 2.24) is 5.32 Å². The van der Waals surface area contributed by atoms with Crippen LogP contribution in [-0.2, 0) is 4.79 Å². The van der Waals surface area contributed by atoms with Crippen molar-refractivity contribution < 1.29 is 9.90 Å². The van der Waals surface area contributed by atoms with Crippen LogP contribution in [0.4, 0.5) is 0 Å². The van der Waals surface area contributed by atoms with E-state index in [0.717, 1.165) is 32.1 Å². The Hall–Kier alpha value is -0.610. The Kier molecular flexibility index (Phi) is 5.17. The number of amides is 1. The Bertz CT molecular complexity index is 292. The van der Waals surface area contributed by atoms with Crippen molar-refractivity contribution in [3.63, 3.8) is 0 Å². The van der Waals surface area contributed by atoms with E-state index >= 15 is 0 Å². The Labute approximate surface area is 110 Å². The monoisotopic (exact) mass is 256 g/mol. The second-order valence-electron chi connectivity index (χ2n) is 6.59. The van der Waals surface area contributed by atoms with Crippen molar-refractivity contribution in [1.29, 1.82) is 0 Å². The second kappa shape index (κ2) is 6.02. The minimum Gasteiger partial charge on any atom is -0.396 e. The molecular formula is C14H28N2O2. The molecule has 0 heterocycles. The number of hydrogen-bond acceptors (Lipinski definition) is 3. The van der Waals surface area contributed by atoms with Gasteiger partial charge in [0.05, 0.1) is 5.41 Å². The number of hydrogen-bond donors (Lipinski definition) is 3. The van der Waals surface area contributed by atoms with Gasteiger partial charge < -0.3 is 16.2 Å². The number of nitrogens with two attached hydrogens (primary N) is 1. The van der Waals surface area contributed by atoms with Crippen LogP contribution in [0.1, 0.15) is 52.9 Å². The molecule has 4 N–H and O–H groups in total. The van der Waals surface area contributed by atoms with E-state index in [1.807, 2.05) is 6.92 Å². The van der Waals surface area contributed by atoms with Gasteiger partial charge >= 0.3 is 0 Å². The molecule has 1 fully saturated rings. The largest absolute Gasteiger partial charge is 0.396 e. The first-order valence-corrected chi connectivity index (χ1v) is 6.96. The van der Waals surface area contributed by atoms with Gasteiger partial charge in [0.1, 0.15) is 0 Å². The van der Waals surface area contributed by atoms with Crippen LogP contribution in [0.3, 0.4) is 0 Å². The third kappa shape index (κ3) is 3.69. The number of aliphatic hydroxyl groups is 1. The van der Waals surface area contributed by atoms with Crippen molar-refractivity contribution in [3.05, 3.63) is 0 Å². The van der Waals surface area contributed by atoms with E-state index in [1.165, 1.54) is 0 Å². The maximum absolute atomic E-state index is 12.3. The Morgan fingerprint density at radius 1 is 1.56 bits per heavy atom. The fraction of sp³-hybridized carbons (Fsp3) is 0.929. The van der Waals surface area contributed by atoms with Gasteiger partial charge in [-0.25, -0.2) is 0 Å². The molecule has 0 aromatic carbocycles. The number of nitrogens with one attached hydrogen (secondary N) is 1. The summed E-state index contributed by atoms with van der Waals surface area (Å²) in [5.74, 6) is 0.0876. The fourth-order valence-corrected chi connectivity index (χ4v) is 2.64. The zero-order valence-electron chi connectivity index (χ0n) is 12.0. The Morgan fingerprint density at radius 2 is 2.22 bits per heavy atom. The molecule has 0 aromatic rings. The highest BCUT2D eigenvalue weighted by Gasteiger charge is 2.43. The lowest BCUT2D eigenvalue weighted by molar-refractivity contribution is -0.131. The Balaban J connectivity index is 2.45. The van der Waals surface area contributed by atoms with E-state index < -0.39 is 5.41 Å². The average Bonchev–Trinajstić information content (AvgIpc) is 2.65. The number of aliphatic hydroxyl groups excluding tert-OH is 1. The zero-order valence-corrected chi connectivity index (χ0v) is 12.0. The van der Waals surface area contributed by atoms with E-state index in [-0.39, 0.29) is 24.0 Å². The maximum Gasteiger partial charge on any atom is 0.227 e. The van der Waals surface area contributed by atoms with E-state index in [4.69, 9.17) is 10.8 Å². The first-order valence-electron chi connectivity index (χ1n) is 6.96. The summed E-state index contributed by atoms with van der Waals surface area (Å²) in [5, 5.41) is 11.9. The molecule has 4 nitrogen and oxygen atoms in total. The topological polar surface area (TPSA) is 75.3 Å². The lowest BCUT2D eigenvalue weighted by Crippen LogP contribution is -2.49. The van der Waals surface area contributed by atoms with Gasteiger partial charge in [0, 0.05) is 19.2 Å². The van der Waals surface area contributed by atoms with Gasteiger partial charge in [-0.3, -0.25) is 4.79 Å². The van der Waals surface area contributed by atoms with Crippen LogP contribution in [0.15, 0.2) is 0 Å². The van der Waals surface area contributed by atoms with Crippen LogP contribution in [0, 0.1) is 10.8 Å². The van der Waals surface area contributed by atoms with Gasteiger partial charge in [-0.2, -0.15) is 0 Å². The molecule has 0 radical (unpaired) electrons. The second-order valence-corrected chi connectivity index (χ2v) is 6.59. The minimum absolute atomic E-state index is 0.0157. The summed E-state index contributed by atoms with van der Waals surface area (Å²) < 4.78 is 0. The molecule has 1 rings (SSSR count). The predicted octanol–water partition coefficient (Wildman–Crippen LogP) is 1.42. The van der Waals surface area contributed by atoms with Gasteiger partial charge in [0.25, 0.3) is 0 Å². The molecule has 1 amide bonds. The summed E-state index contributed by atoms with van der Waals surface area (Å²) in [6.45, 7) is 7.05. The molecule has 1 aliphatic rings. The van der Waals surface area contributed by atoms with Gasteiger partial charge in [0.15, 0.2) is 0 Å². The lowest BCUT2D eigenvalue weighted by atomic mass is 9.83. The van der Waals surface area contributed by atoms with Gasteiger partial charge in [-0.1, -0.05) is 20.3 Å². The highest BCUT2D eigenvalue weighted by atomic mass is 16.2. The first-order chi connectivity index (χ1) is 8.32. The molecule has 0 aliphatic heterocycles. The summed E-state index contributed by atoms with van der Waals surface area (Å²) in [6, 6.07) is -0.0157. The van der Waals surface area contributed by atoms with Gasteiger partial charge in [-0.05, 0) is 38.0 Å². The molecule has 2 unspecified atom stereocenters. The van der Waals surface area contributed by atoms with Gasteiger partial charge in [0.2, 0.25) is 5.91 Å². The first kappa shape index (κ1) is 15.4. The molecule has 0 spiro atoms. The minimum atomic E-state index is -0.396. The summed E-state index contributed by atoms with van der Waals surface area (Å²) in [7, 11) is 0. The molecule has 0 bridgehead atoms. The van der Waals surface area contributed by atoms with E-state index in [9.17, 15) is 4.79 Å². The number of rotatable bonds is 6. The fourth-order valence-electron chi connectivity index (χ4n) is 2.64. The van der Waals surface area contributed by atoms with E-state index in [1.54, 1.807) is 0 Å². The van der Waals surface area contributed by atoms with Crippen LogP contribution in [-0.4, -0.2) is 30.2 Å². The normalized spacial score (nSPS) is 28.4. The standard InChI is InChI=1S/C14H28N2O2/c1-13(2,7-5-9-17)10-16-12(18)14(3)8-4-6-11(14)15/h11,17H,4-10,15H2,1-3H3,(H,16,18). The smallest absolute Gasteiger partial charge is 0.227 e. The van der Waals surface area contributed by atoms with Crippen LogP contribution >= 0.6 is 0 Å². The maximum atomic E-state index is 12.3. The van der Waals surface area contributed by atoms with Crippen LogP contribution in [0.2, 0.25) is 0 Å². The summed E-state index contributed by atoms with van der Waals surface area (Å²) in [6.07, 6.45) is 4.56. The molecule has 1 aliphatic carbocycles. The van der Waals surface area contributed by atoms with Crippen molar-refractivity contribution in [3.8, 4) is 0 Å². The molecule has 0 saturated heterocycles. The molecule has 1 saturated carbocycles. The third-order valence-corrected chi connectivity index (χ3v) is 4.29. The summed E-state index contributed by atoms with van der Waals surface area (Å²) in [4.78, 5) is 12.3. The van der Waals surface area contributed by atoms with E-state index in [0.29, 0.717) is 6.54 Å². The number of carbonyl (C=O) groups is 1. The summed E-state index contributed by atoms with van der Waals surface area (Å²) in [5.41, 5.74) is 5.67. The Morgan fingerprint density at radius 3 is 2.72 bits per heavy atom. The molecule has 4 heteroatoms. The van der Waals surface area contributed by atoms with Crippen molar-refractivity contribution in [2.45, 2.75) is 58.9 Å². The molecule has 2 atom stereocenters. The molecule has 106 valence electrons. The third-order valence-electron chi connectivity index (χ3n) is 4.29. The SMILES string of the molecule is CC(C)(CCCO)CNC(=O)C1(C)CCCC1N. The molecule has 0 aromatic heterocycles. The van der Waals surface area contributed by atoms with Crippen LogP contribution in [0.25, 0.3) is 0 Å². The highest BCUT2D eigenvalue weighted by Crippen LogP contribution is 2.37. The van der Waals surface area contributed by atoms with Gasteiger partial charge in [-0.15, -0.1) is 0 Å². The zero-order chi connectivity index (χ0) is 13.8. The van der Waals surface area contributed by atoms with E-state index in [2.05, 4.69) is 19.2 Å².